The van der Waals surface area contributed by atoms with Gasteiger partial charge < -0.3 is 10.6 Å². The number of nitrogens with zero attached hydrogens (tertiary/aromatic N) is 2. The molecule has 1 aliphatic heterocycles. The quantitative estimate of drug-likeness (QED) is 0.868. The zero-order valence-electron chi connectivity index (χ0n) is 12.8. The minimum atomic E-state index is -3.36. The Kier molecular flexibility index (Phi) is 5.38. The molecule has 1 aromatic rings. The highest BCUT2D eigenvalue weighted by molar-refractivity contribution is 7.86. The van der Waals surface area contributed by atoms with Gasteiger partial charge in [-0.2, -0.15) is 17.0 Å². The van der Waals surface area contributed by atoms with Crippen LogP contribution in [0.4, 0.5) is 10.5 Å². The molecule has 0 aliphatic carbocycles. The summed E-state index contributed by atoms with van der Waals surface area (Å²) in [4.78, 5) is 11.9. The fourth-order valence-corrected chi connectivity index (χ4v) is 3.47. The Morgan fingerprint density at radius 1 is 1.18 bits per heavy atom. The van der Waals surface area contributed by atoms with Crippen molar-refractivity contribution in [2.45, 2.75) is 18.9 Å². The molecule has 1 fully saturated rings. The number of rotatable bonds is 4. The summed E-state index contributed by atoms with van der Waals surface area (Å²) in [6.07, 6.45) is 1.21. The van der Waals surface area contributed by atoms with Gasteiger partial charge in [-0.3, -0.25) is 0 Å². The third-order valence-corrected chi connectivity index (χ3v) is 5.55. The van der Waals surface area contributed by atoms with E-state index in [0.717, 1.165) is 5.69 Å². The molecule has 0 aromatic heterocycles. The molecular weight excluding hydrogens is 304 g/mol. The summed E-state index contributed by atoms with van der Waals surface area (Å²) in [6.45, 7) is 0.827. The number of benzene rings is 1. The van der Waals surface area contributed by atoms with Gasteiger partial charge in [-0.15, -0.1) is 0 Å². The number of hydrogen-bond donors (Lipinski definition) is 2. The predicted molar refractivity (Wildman–Crippen MR) is 85.8 cm³/mol. The van der Waals surface area contributed by atoms with Crippen LogP contribution in [0.5, 0.6) is 0 Å². The lowest BCUT2D eigenvalue weighted by atomic mass is 10.1. The number of carbonyl (C=O) groups is 1. The summed E-state index contributed by atoms with van der Waals surface area (Å²) in [7, 11) is -0.320. The maximum absolute atomic E-state index is 12.0. The van der Waals surface area contributed by atoms with E-state index in [9.17, 15) is 13.2 Å². The third kappa shape index (κ3) is 4.19. The van der Waals surface area contributed by atoms with Crippen LogP contribution in [0.1, 0.15) is 12.8 Å². The van der Waals surface area contributed by atoms with Gasteiger partial charge in [0.05, 0.1) is 0 Å². The number of piperidine rings is 1. The molecule has 2 rings (SSSR count). The van der Waals surface area contributed by atoms with E-state index < -0.39 is 10.2 Å². The van der Waals surface area contributed by atoms with Crippen LogP contribution >= 0.6 is 0 Å². The van der Waals surface area contributed by atoms with Crippen molar-refractivity contribution in [2.24, 2.45) is 0 Å². The Bertz CT molecular complexity index is 596. The SMILES string of the molecule is CN(C)S(=O)(=O)N1CCC(NC(=O)Nc2ccccc2)CC1. The third-order valence-electron chi connectivity index (χ3n) is 3.61. The molecule has 22 heavy (non-hydrogen) atoms. The van der Waals surface area contributed by atoms with Crippen LogP contribution < -0.4 is 10.6 Å². The smallest absolute Gasteiger partial charge is 0.319 e. The lowest BCUT2D eigenvalue weighted by Crippen LogP contribution is -2.50. The predicted octanol–water partition coefficient (Wildman–Crippen LogP) is 1.08. The van der Waals surface area contributed by atoms with E-state index in [4.69, 9.17) is 0 Å². The van der Waals surface area contributed by atoms with Crippen molar-refractivity contribution in [3.05, 3.63) is 30.3 Å². The second kappa shape index (κ2) is 7.08. The Morgan fingerprint density at radius 2 is 1.77 bits per heavy atom. The van der Waals surface area contributed by atoms with E-state index in [-0.39, 0.29) is 12.1 Å². The second-order valence-electron chi connectivity index (χ2n) is 5.43. The van der Waals surface area contributed by atoms with Gasteiger partial charge in [-0.05, 0) is 25.0 Å². The molecule has 1 aliphatic rings. The molecule has 1 aromatic carbocycles. The summed E-state index contributed by atoms with van der Waals surface area (Å²) in [5.74, 6) is 0. The Morgan fingerprint density at radius 3 is 2.32 bits per heavy atom. The van der Waals surface area contributed by atoms with Crippen molar-refractivity contribution >= 4 is 21.9 Å². The largest absolute Gasteiger partial charge is 0.335 e. The van der Waals surface area contributed by atoms with Crippen LogP contribution in [-0.4, -0.2) is 56.3 Å². The molecule has 0 spiro atoms. The fourth-order valence-electron chi connectivity index (χ4n) is 2.34. The van der Waals surface area contributed by atoms with E-state index in [1.165, 1.54) is 22.7 Å². The molecular formula is C14H22N4O3S. The number of para-hydroxylation sites is 1. The maximum Gasteiger partial charge on any atom is 0.319 e. The normalized spacial score (nSPS) is 17.4. The molecule has 0 atom stereocenters. The van der Waals surface area contributed by atoms with Crippen molar-refractivity contribution in [1.29, 1.82) is 0 Å². The maximum atomic E-state index is 12.0. The van der Waals surface area contributed by atoms with Crippen LogP contribution in [0.2, 0.25) is 0 Å². The van der Waals surface area contributed by atoms with Gasteiger partial charge in [0.15, 0.2) is 0 Å². The molecule has 1 heterocycles. The average Bonchev–Trinajstić information content (AvgIpc) is 2.48. The minimum Gasteiger partial charge on any atom is -0.335 e. The lowest BCUT2D eigenvalue weighted by Gasteiger charge is -2.33. The number of hydrogen-bond acceptors (Lipinski definition) is 3. The lowest BCUT2D eigenvalue weighted by molar-refractivity contribution is 0.237. The molecule has 0 bridgehead atoms. The van der Waals surface area contributed by atoms with Crippen LogP contribution in [-0.2, 0) is 10.2 Å². The van der Waals surface area contributed by atoms with Gasteiger partial charge in [0, 0.05) is 38.9 Å². The summed E-state index contributed by atoms with van der Waals surface area (Å²) >= 11 is 0. The highest BCUT2D eigenvalue weighted by Crippen LogP contribution is 2.15. The van der Waals surface area contributed by atoms with E-state index in [2.05, 4.69) is 10.6 Å². The number of urea groups is 1. The molecule has 0 saturated carbocycles. The Hall–Kier alpha value is -1.64. The van der Waals surface area contributed by atoms with Gasteiger partial charge in [0.25, 0.3) is 10.2 Å². The van der Waals surface area contributed by atoms with Gasteiger partial charge in [0.2, 0.25) is 0 Å². The summed E-state index contributed by atoms with van der Waals surface area (Å²) in [6, 6.07) is 8.92. The zero-order valence-corrected chi connectivity index (χ0v) is 13.6. The highest BCUT2D eigenvalue weighted by atomic mass is 32.2. The first kappa shape index (κ1) is 16.7. The Labute approximate surface area is 131 Å². The number of nitrogens with one attached hydrogen (secondary N) is 2. The van der Waals surface area contributed by atoms with Crippen molar-refractivity contribution in [3.63, 3.8) is 0 Å². The van der Waals surface area contributed by atoms with E-state index in [0.29, 0.717) is 25.9 Å². The summed E-state index contributed by atoms with van der Waals surface area (Å²) in [5.41, 5.74) is 0.729. The molecule has 2 amide bonds. The zero-order chi connectivity index (χ0) is 16.2. The van der Waals surface area contributed by atoms with Crippen LogP contribution in [0.25, 0.3) is 0 Å². The molecule has 0 radical (unpaired) electrons. The van der Waals surface area contributed by atoms with Gasteiger partial charge in [0.1, 0.15) is 0 Å². The molecule has 7 nitrogen and oxygen atoms in total. The van der Waals surface area contributed by atoms with Gasteiger partial charge in [-0.1, -0.05) is 18.2 Å². The van der Waals surface area contributed by atoms with Gasteiger partial charge in [-0.25, -0.2) is 4.79 Å². The first-order valence-electron chi connectivity index (χ1n) is 7.20. The van der Waals surface area contributed by atoms with Crippen molar-refractivity contribution in [3.8, 4) is 0 Å². The Balaban J connectivity index is 1.81. The molecule has 0 unspecified atom stereocenters. The topological polar surface area (TPSA) is 81.8 Å². The molecule has 2 N–H and O–H groups in total. The van der Waals surface area contributed by atoms with Crippen LogP contribution in [0.15, 0.2) is 30.3 Å². The molecule has 122 valence electrons. The first-order valence-corrected chi connectivity index (χ1v) is 8.59. The second-order valence-corrected chi connectivity index (χ2v) is 7.57. The fraction of sp³-hybridized carbons (Fsp3) is 0.500. The summed E-state index contributed by atoms with van der Waals surface area (Å²) < 4.78 is 26.7. The number of carbonyl (C=O) groups excluding carboxylic acids is 1. The molecule has 8 heteroatoms. The summed E-state index contributed by atoms with van der Waals surface area (Å²) in [5, 5.41) is 5.64. The van der Waals surface area contributed by atoms with Crippen molar-refractivity contribution in [1.82, 2.24) is 13.9 Å². The molecule has 1 saturated heterocycles. The average molecular weight is 326 g/mol. The monoisotopic (exact) mass is 326 g/mol. The van der Waals surface area contributed by atoms with Crippen LogP contribution in [0, 0.1) is 0 Å². The van der Waals surface area contributed by atoms with Gasteiger partial charge >= 0.3 is 6.03 Å². The van der Waals surface area contributed by atoms with E-state index >= 15 is 0 Å². The number of amides is 2. The van der Waals surface area contributed by atoms with E-state index in [1.54, 1.807) is 0 Å². The standard InChI is InChI=1S/C14H22N4O3S/c1-17(2)22(20,21)18-10-8-13(9-11-18)16-14(19)15-12-6-4-3-5-7-12/h3-7,13H,8-11H2,1-2H3,(H2,15,16,19). The number of anilines is 1. The highest BCUT2D eigenvalue weighted by Gasteiger charge is 2.29. The van der Waals surface area contributed by atoms with E-state index in [1.807, 2.05) is 30.3 Å². The minimum absolute atomic E-state index is 0.0164. The first-order chi connectivity index (χ1) is 10.4. The van der Waals surface area contributed by atoms with Crippen molar-refractivity contribution in [2.75, 3.05) is 32.5 Å². The van der Waals surface area contributed by atoms with Crippen molar-refractivity contribution < 1.29 is 13.2 Å². The van der Waals surface area contributed by atoms with Crippen LogP contribution in [0.3, 0.4) is 0 Å².